The second kappa shape index (κ2) is 5.31. The van der Waals surface area contributed by atoms with Crippen LogP contribution in [0.15, 0.2) is 24.4 Å². The summed E-state index contributed by atoms with van der Waals surface area (Å²) in [6.45, 7) is 4.23. The fourth-order valence-electron chi connectivity index (χ4n) is 3.14. The van der Waals surface area contributed by atoms with Crippen molar-refractivity contribution in [3.05, 3.63) is 35.5 Å². The third-order valence-corrected chi connectivity index (χ3v) is 4.36. The first kappa shape index (κ1) is 13.2. The highest BCUT2D eigenvalue weighted by Gasteiger charge is 2.19. The largest absolute Gasteiger partial charge is 0.396 e. The van der Waals surface area contributed by atoms with Crippen LogP contribution in [-0.4, -0.2) is 9.78 Å². The third kappa shape index (κ3) is 2.45. The van der Waals surface area contributed by atoms with Gasteiger partial charge in [-0.1, -0.05) is 37.0 Å². The van der Waals surface area contributed by atoms with Crippen LogP contribution in [0.2, 0.25) is 0 Å². The van der Waals surface area contributed by atoms with Crippen LogP contribution in [0, 0.1) is 13.8 Å². The zero-order chi connectivity index (χ0) is 14.1. The molecular weight excluding hydrogens is 246 g/mol. The summed E-state index contributed by atoms with van der Waals surface area (Å²) in [6, 6.07) is 6.99. The lowest BCUT2D eigenvalue weighted by atomic mass is 9.96. The van der Waals surface area contributed by atoms with E-state index in [-0.39, 0.29) is 0 Å². The van der Waals surface area contributed by atoms with E-state index in [1.807, 2.05) is 6.20 Å². The Balaban J connectivity index is 1.98. The van der Waals surface area contributed by atoms with Crippen LogP contribution >= 0.6 is 0 Å². The van der Waals surface area contributed by atoms with E-state index in [1.54, 1.807) is 0 Å². The molecule has 0 atom stereocenters. The predicted octanol–water partition coefficient (Wildman–Crippen LogP) is 4.25. The number of hydrogen-bond donors (Lipinski definition) is 1. The molecule has 0 amide bonds. The highest BCUT2D eigenvalue weighted by Crippen LogP contribution is 2.33. The predicted molar refractivity (Wildman–Crippen MR) is 83.7 cm³/mol. The van der Waals surface area contributed by atoms with E-state index in [4.69, 9.17) is 10.8 Å². The van der Waals surface area contributed by atoms with Crippen molar-refractivity contribution in [3.8, 4) is 11.3 Å². The highest BCUT2D eigenvalue weighted by molar-refractivity contribution is 5.74. The Morgan fingerprint density at radius 2 is 1.90 bits per heavy atom. The van der Waals surface area contributed by atoms with Crippen molar-refractivity contribution in [2.75, 3.05) is 5.73 Å². The van der Waals surface area contributed by atoms with Gasteiger partial charge in [0.15, 0.2) is 0 Å². The highest BCUT2D eigenvalue weighted by atomic mass is 15.3. The van der Waals surface area contributed by atoms with E-state index in [9.17, 15) is 0 Å². The Morgan fingerprint density at radius 3 is 2.65 bits per heavy atom. The first-order valence-electron chi connectivity index (χ1n) is 7.57. The summed E-state index contributed by atoms with van der Waals surface area (Å²) < 4.78 is 2.10. The van der Waals surface area contributed by atoms with Gasteiger partial charge in [-0.05, 0) is 38.3 Å². The van der Waals surface area contributed by atoms with Crippen molar-refractivity contribution in [1.82, 2.24) is 9.78 Å². The Morgan fingerprint density at radius 1 is 1.15 bits per heavy atom. The van der Waals surface area contributed by atoms with Gasteiger partial charge in [0, 0.05) is 11.8 Å². The van der Waals surface area contributed by atoms with Gasteiger partial charge in [0.05, 0.1) is 11.7 Å². The lowest BCUT2D eigenvalue weighted by Crippen LogP contribution is -2.13. The van der Waals surface area contributed by atoms with Crippen LogP contribution in [-0.2, 0) is 0 Å². The minimum Gasteiger partial charge on any atom is -0.396 e. The number of aryl methyl sites for hydroxylation is 2. The summed E-state index contributed by atoms with van der Waals surface area (Å²) in [5.41, 5.74) is 11.6. The van der Waals surface area contributed by atoms with Gasteiger partial charge < -0.3 is 5.73 Å². The van der Waals surface area contributed by atoms with Crippen molar-refractivity contribution in [1.29, 1.82) is 0 Å². The molecule has 1 aromatic carbocycles. The molecule has 20 heavy (non-hydrogen) atoms. The standard InChI is InChI=1S/C17H23N3/c1-12-8-9-13(2)15(10-12)17-16(18)11-20(19-17)14-6-4-3-5-7-14/h8-11,14H,3-7,18H2,1-2H3. The molecule has 3 rings (SSSR count). The average molecular weight is 269 g/mol. The zero-order valence-electron chi connectivity index (χ0n) is 12.4. The molecule has 1 aliphatic carbocycles. The maximum Gasteiger partial charge on any atom is 0.115 e. The summed E-state index contributed by atoms with van der Waals surface area (Å²) >= 11 is 0. The van der Waals surface area contributed by atoms with E-state index >= 15 is 0 Å². The van der Waals surface area contributed by atoms with Crippen LogP contribution < -0.4 is 5.73 Å². The molecule has 1 aliphatic rings. The van der Waals surface area contributed by atoms with E-state index in [0.29, 0.717) is 6.04 Å². The van der Waals surface area contributed by atoms with Gasteiger partial charge in [-0.3, -0.25) is 4.68 Å². The average Bonchev–Trinajstić information content (AvgIpc) is 2.84. The van der Waals surface area contributed by atoms with E-state index in [0.717, 1.165) is 16.9 Å². The molecule has 0 spiro atoms. The van der Waals surface area contributed by atoms with Gasteiger partial charge in [-0.2, -0.15) is 5.10 Å². The molecule has 0 unspecified atom stereocenters. The molecule has 0 saturated heterocycles. The topological polar surface area (TPSA) is 43.8 Å². The molecule has 1 fully saturated rings. The van der Waals surface area contributed by atoms with Crippen molar-refractivity contribution >= 4 is 5.69 Å². The molecule has 1 aromatic heterocycles. The Hall–Kier alpha value is -1.77. The number of hydrogen-bond acceptors (Lipinski definition) is 2. The molecule has 0 radical (unpaired) electrons. The first-order chi connectivity index (χ1) is 9.65. The number of nitrogen functional groups attached to an aromatic ring is 1. The van der Waals surface area contributed by atoms with E-state index < -0.39 is 0 Å². The summed E-state index contributed by atoms with van der Waals surface area (Å²) in [5.74, 6) is 0. The number of nitrogens with zero attached hydrogens (tertiary/aromatic N) is 2. The smallest absolute Gasteiger partial charge is 0.115 e. The van der Waals surface area contributed by atoms with Crippen molar-refractivity contribution in [2.45, 2.75) is 52.0 Å². The zero-order valence-corrected chi connectivity index (χ0v) is 12.4. The van der Waals surface area contributed by atoms with Crippen LogP contribution in [0.4, 0.5) is 5.69 Å². The van der Waals surface area contributed by atoms with Crippen molar-refractivity contribution in [2.24, 2.45) is 0 Å². The van der Waals surface area contributed by atoms with E-state index in [1.165, 1.54) is 43.2 Å². The number of anilines is 1. The fourth-order valence-corrected chi connectivity index (χ4v) is 3.14. The maximum atomic E-state index is 6.22. The Labute approximate surface area is 120 Å². The molecular formula is C17H23N3. The van der Waals surface area contributed by atoms with Crippen LogP contribution in [0.25, 0.3) is 11.3 Å². The lowest BCUT2D eigenvalue weighted by Gasteiger charge is -2.21. The normalized spacial score (nSPS) is 16.5. The van der Waals surface area contributed by atoms with Gasteiger partial charge in [0.1, 0.15) is 5.69 Å². The SMILES string of the molecule is Cc1ccc(C)c(-c2nn(C3CCCCC3)cc2N)c1. The van der Waals surface area contributed by atoms with Crippen LogP contribution in [0.5, 0.6) is 0 Å². The minimum atomic E-state index is 0.532. The molecule has 2 N–H and O–H groups in total. The molecule has 1 saturated carbocycles. The Bertz CT molecular complexity index is 607. The summed E-state index contributed by atoms with van der Waals surface area (Å²) in [7, 11) is 0. The van der Waals surface area contributed by atoms with Crippen LogP contribution in [0.1, 0.15) is 49.3 Å². The molecule has 3 nitrogen and oxygen atoms in total. The molecule has 106 valence electrons. The fraction of sp³-hybridized carbons (Fsp3) is 0.471. The Kier molecular flexibility index (Phi) is 3.51. The summed E-state index contributed by atoms with van der Waals surface area (Å²) in [4.78, 5) is 0. The second-order valence-corrected chi connectivity index (χ2v) is 6.02. The molecule has 2 aromatic rings. The maximum absolute atomic E-state index is 6.22. The molecule has 0 aliphatic heterocycles. The van der Waals surface area contributed by atoms with Crippen molar-refractivity contribution < 1.29 is 0 Å². The van der Waals surface area contributed by atoms with Crippen molar-refractivity contribution in [3.63, 3.8) is 0 Å². The number of benzene rings is 1. The first-order valence-corrected chi connectivity index (χ1v) is 7.57. The second-order valence-electron chi connectivity index (χ2n) is 6.02. The monoisotopic (exact) mass is 269 g/mol. The lowest BCUT2D eigenvalue weighted by molar-refractivity contribution is 0.330. The third-order valence-electron chi connectivity index (χ3n) is 4.36. The summed E-state index contributed by atoms with van der Waals surface area (Å²) in [5, 5.41) is 4.80. The van der Waals surface area contributed by atoms with Gasteiger partial charge in [-0.15, -0.1) is 0 Å². The van der Waals surface area contributed by atoms with Gasteiger partial charge in [-0.25, -0.2) is 0 Å². The number of aromatic nitrogens is 2. The number of nitrogens with two attached hydrogens (primary N) is 1. The van der Waals surface area contributed by atoms with Gasteiger partial charge >= 0.3 is 0 Å². The minimum absolute atomic E-state index is 0.532. The summed E-state index contributed by atoms with van der Waals surface area (Å²) in [6.07, 6.45) is 8.46. The molecule has 1 heterocycles. The molecule has 0 bridgehead atoms. The molecule has 3 heteroatoms. The van der Waals surface area contributed by atoms with Crippen LogP contribution in [0.3, 0.4) is 0 Å². The van der Waals surface area contributed by atoms with Gasteiger partial charge in [0.25, 0.3) is 0 Å². The number of rotatable bonds is 2. The van der Waals surface area contributed by atoms with Gasteiger partial charge in [0.2, 0.25) is 0 Å². The van der Waals surface area contributed by atoms with E-state index in [2.05, 4.69) is 36.7 Å². The quantitative estimate of drug-likeness (QED) is 0.885.